The minimum absolute atomic E-state index is 0.261. The summed E-state index contributed by atoms with van der Waals surface area (Å²) < 4.78 is 0. The van der Waals surface area contributed by atoms with Gasteiger partial charge < -0.3 is 10.0 Å². The largest absolute Gasteiger partial charge is 0.478 e. The first-order valence-corrected chi connectivity index (χ1v) is 8.24. The maximum Gasteiger partial charge on any atom is 0.339 e. The average molecular weight is 325 g/mol. The van der Waals surface area contributed by atoms with Gasteiger partial charge in [-0.3, -0.25) is 4.90 Å². The Morgan fingerprint density at radius 2 is 2.12 bits per heavy atom. The van der Waals surface area contributed by atoms with Gasteiger partial charge in [-0.25, -0.2) is 9.78 Å². The van der Waals surface area contributed by atoms with Gasteiger partial charge in [0, 0.05) is 38.9 Å². The predicted octanol–water partition coefficient (Wildman–Crippen LogP) is 2.80. The molecule has 2 aromatic rings. The van der Waals surface area contributed by atoms with E-state index in [2.05, 4.69) is 41.1 Å². The minimum atomic E-state index is -0.931. The lowest BCUT2D eigenvalue weighted by atomic mass is 10.1. The molecule has 5 heteroatoms. The Labute approximate surface area is 142 Å². The van der Waals surface area contributed by atoms with Crippen LogP contribution in [0.1, 0.15) is 27.9 Å². The molecule has 2 heterocycles. The van der Waals surface area contributed by atoms with Gasteiger partial charge in [0.15, 0.2) is 0 Å². The first-order chi connectivity index (χ1) is 11.6. The lowest BCUT2D eigenvalue weighted by molar-refractivity contribution is 0.0697. The second-order valence-electron chi connectivity index (χ2n) is 6.39. The Morgan fingerprint density at radius 1 is 1.33 bits per heavy atom. The fourth-order valence-electron chi connectivity index (χ4n) is 3.32. The predicted molar refractivity (Wildman–Crippen MR) is 94.5 cm³/mol. The number of carbonyl (C=O) groups is 1. The van der Waals surface area contributed by atoms with Gasteiger partial charge in [-0.05, 0) is 36.6 Å². The molecule has 1 fully saturated rings. The number of aryl methyl sites for hydroxylation is 1. The highest BCUT2D eigenvalue weighted by Gasteiger charge is 2.28. The number of nitrogens with zero attached hydrogens (tertiary/aromatic N) is 3. The summed E-state index contributed by atoms with van der Waals surface area (Å²) >= 11 is 0. The first kappa shape index (κ1) is 16.5. The van der Waals surface area contributed by atoms with Crippen LogP contribution in [0.5, 0.6) is 0 Å². The van der Waals surface area contributed by atoms with Crippen LogP contribution < -0.4 is 4.90 Å². The van der Waals surface area contributed by atoms with Gasteiger partial charge in [0.2, 0.25) is 0 Å². The molecule has 0 aliphatic carbocycles. The Bertz CT molecular complexity index is 732. The van der Waals surface area contributed by atoms with Crippen molar-refractivity contribution in [3.63, 3.8) is 0 Å². The van der Waals surface area contributed by atoms with Gasteiger partial charge in [-0.15, -0.1) is 0 Å². The smallest absolute Gasteiger partial charge is 0.339 e. The van der Waals surface area contributed by atoms with E-state index in [0.717, 1.165) is 26.1 Å². The molecule has 1 aromatic heterocycles. The molecule has 0 spiro atoms. The molecule has 1 aliphatic rings. The van der Waals surface area contributed by atoms with Crippen molar-refractivity contribution in [2.75, 3.05) is 25.0 Å². The van der Waals surface area contributed by atoms with Crippen LogP contribution in [0.3, 0.4) is 0 Å². The molecule has 126 valence electrons. The van der Waals surface area contributed by atoms with E-state index in [0.29, 0.717) is 5.82 Å². The molecule has 0 saturated carbocycles. The number of anilines is 1. The molecule has 1 aromatic carbocycles. The summed E-state index contributed by atoms with van der Waals surface area (Å²) in [6.45, 7) is 5.01. The van der Waals surface area contributed by atoms with Crippen molar-refractivity contribution in [3.05, 3.63) is 59.3 Å². The molecule has 1 atom stereocenters. The quantitative estimate of drug-likeness (QED) is 0.916. The maximum absolute atomic E-state index is 11.4. The molecule has 0 unspecified atom stereocenters. The number of carboxylic acids is 1. The Balaban J connectivity index is 1.69. The molecule has 1 aliphatic heterocycles. The standard InChI is InChI=1S/C19H23N3O2/c1-14-6-3-4-7-15(14)12-22-11-9-16(13-22)21(2)18-17(19(23)24)8-5-10-20-18/h3-8,10,16H,9,11-13H2,1-2H3,(H,23,24)/t16-/m0/s1. The molecule has 1 N–H and O–H groups in total. The Hall–Kier alpha value is -2.40. The van der Waals surface area contributed by atoms with Crippen LogP contribution in [-0.4, -0.2) is 47.1 Å². The molecule has 3 rings (SSSR count). The highest BCUT2D eigenvalue weighted by Crippen LogP contribution is 2.24. The van der Waals surface area contributed by atoms with Crippen molar-refractivity contribution in [1.29, 1.82) is 0 Å². The van der Waals surface area contributed by atoms with Crippen LogP contribution in [0.4, 0.5) is 5.82 Å². The summed E-state index contributed by atoms with van der Waals surface area (Å²) in [5, 5.41) is 9.36. The number of likely N-dealkylation sites (N-methyl/N-ethyl adjacent to an activating group) is 1. The SMILES string of the molecule is Cc1ccccc1CN1CC[C@H](N(C)c2ncccc2C(=O)O)C1. The third kappa shape index (κ3) is 3.41. The van der Waals surface area contributed by atoms with E-state index in [1.54, 1.807) is 18.3 Å². The summed E-state index contributed by atoms with van der Waals surface area (Å²) in [6, 6.07) is 12.0. The zero-order valence-corrected chi connectivity index (χ0v) is 14.1. The number of benzene rings is 1. The molecule has 0 radical (unpaired) electrons. The van der Waals surface area contributed by atoms with E-state index < -0.39 is 5.97 Å². The van der Waals surface area contributed by atoms with Crippen molar-refractivity contribution in [1.82, 2.24) is 9.88 Å². The molecular weight excluding hydrogens is 302 g/mol. The summed E-state index contributed by atoms with van der Waals surface area (Å²) in [5.74, 6) is -0.382. The second-order valence-corrected chi connectivity index (χ2v) is 6.39. The van der Waals surface area contributed by atoms with Gasteiger partial charge in [0.05, 0.1) is 0 Å². The second kappa shape index (κ2) is 7.01. The number of rotatable bonds is 5. The van der Waals surface area contributed by atoms with Crippen molar-refractivity contribution in [2.24, 2.45) is 0 Å². The van der Waals surface area contributed by atoms with Crippen LogP contribution in [0, 0.1) is 6.92 Å². The number of hydrogen-bond donors (Lipinski definition) is 1. The van der Waals surface area contributed by atoms with Gasteiger partial charge in [0.1, 0.15) is 11.4 Å². The van der Waals surface area contributed by atoms with Crippen molar-refractivity contribution >= 4 is 11.8 Å². The fourth-order valence-corrected chi connectivity index (χ4v) is 3.32. The fraction of sp³-hybridized carbons (Fsp3) is 0.368. The third-order valence-corrected chi connectivity index (χ3v) is 4.80. The van der Waals surface area contributed by atoms with Crippen molar-refractivity contribution < 1.29 is 9.90 Å². The van der Waals surface area contributed by atoms with Gasteiger partial charge >= 0.3 is 5.97 Å². The molecule has 1 saturated heterocycles. The third-order valence-electron chi connectivity index (χ3n) is 4.80. The van der Waals surface area contributed by atoms with Crippen LogP contribution in [0.15, 0.2) is 42.6 Å². The van der Waals surface area contributed by atoms with E-state index in [-0.39, 0.29) is 11.6 Å². The lowest BCUT2D eigenvalue weighted by Gasteiger charge is -2.27. The van der Waals surface area contributed by atoms with Crippen molar-refractivity contribution in [3.8, 4) is 0 Å². The van der Waals surface area contributed by atoms with Crippen LogP contribution in [0.25, 0.3) is 0 Å². The zero-order valence-electron chi connectivity index (χ0n) is 14.1. The topological polar surface area (TPSA) is 56.7 Å². The van der Waals surface area contributed by atoms with E-state index in [4.69, 9.17) is 0 Å². The van der Waals surface area contributed by atoms with Crippen LogP contribution >= 0.6 is 0 Å². The Morgan fingerprint density at radius 3 is 2.88 bits per heavy atom. The highest BCUT2D eigenvalue weighted by molar-refractivity contribution is 5.93. The number of pyridine rings is 1. The molecule has 0 amide bonds. The van der Waals surface area contributed by atoms with Crippen LogP contribution in [-0.2, 0) is 6.54 Å². The minimum Gasteiger partial charge on any atom is -0.478 e. The zero-order chi connectivity index (χ0) is 17.1. The summed E-state index contributed by atoms with van der Waals surface area (Å²) in [5.41, 5.74) is 2.93. The molecular formula is C19H23N3O2. The average Bonchev–Trinajstić information content (AvgIpc) is 3.05. The van der Waals surface area contributed by atoms with E-state index in [1.165, 1.54) is 11.1 Å². The van der Waals surface area contributed by atoms with Crippen molar-refractivity contribution in [2.45, 2.75) is 25.9 Å². The first-order valence-electron chi connectivity index (χ1n) is 8.24. The number of aromatic nitrogens is 1. The number of aromatic carboxylic acids is 1. The normalized spacial score (nSPS) is 17.8. The summed E-state index contributed by atoms with van der Waals surface area (Å²) in [4.78, 5) is 20.1. The molecule has 0 bridgehead atoms. The maximum atomic E-state index is 11.4. The van der Waals surface area contributed by atoms with Gasteiger partial charge in [-0.2, -0.15) is 0 Å². The van der Waals surface area contributed by atoms with E-state index in [9.17, 15) is 9.90 Å². The summed E-state index contributed by atoms with van der Waals surface area (Å²) in [6.07, 6.45) is 2.66. The van der Waals surface area contributed by atoms with E-state index in [1.807, 2.05) is 11.9 Å². The lowest BCUT2D eigenvalue weighted by Crippen LogP contribution is -2.36. The number of likely N-dealkylation sites (tertiary alicyclic amines) is 1. The Kier molecular flexibility index (Phi) is 4.81. The van der Waals surface area contributed by atoms with Gasteiger partial charge in [-0.1, -0.05) is 24.3 Å². The van der Waals surface area contributed by atoms with E-state index >= 15 is 0 Å². The molecule has 5 nitrogen and oxygen atoms in total. The number of hydrogen-bond acceptors (Lipinski definition) is 4. The number of carboxylic acid groups (broad SMARTS) is 1. The van der Waals surface area contributed by atoms with Crippen LogP contribution in [0.2, 0.25) is 0 Å². The van der Waals surface area contributed by atoms with Gasteiger partial charge in [0.25, 0.3) is 0 Å². The molecule has 24 heavy (non-hydrogen) atoms. The highest BCUT2D eigenvalue weighted by atomic mass is 16.4. The summed E-state index contributed by atoms with van der Waals surface area (Å²) in [7, 11) is 1.94. The monoisotopic (exact) mass is 325 g/mol.